The standard InChI is InChI=1S/C24H28N2O2S/c1-3-5-9-18(4-2)16-28-24(27)25-21-14-12-19(13-15-21)22-17-29-23(26-22)20-10-7-6-8-11-20/h6-8,10-15,17-18H,3-5,9,16H2,1-2H3,(H,25,27). The van der Waals surface area contributed by atoms with E-state index in [1.54, 1.807) is 11.3 Å². The third kappa shape index (κ3) is 6.16. The fourth-order valence-corrected chi connectivity index (χ4v) is 3.92. The first-order valence-electron chi connectivity index (χ1n) is 10.2. The average molecular weight is 409 g/mol. The van der Waals surface area contributed by atoms with Gasteiger partial charge in [0.25, 0.3) is 0 Å². The van der Waals surface area contributed by atoms with E-state index in [2.05, 4.69) is 36.7 Å². The van der Waals surface area contributed by atoms with E-state index in [1.807, 2.05) is 42.5 Å². The highest BCUT2D eigenvalue weighted by atomic mass is 32.1. The zero-order valence-electron chi connectivity index (χ0n) is 17.1. The summed E-state index contributed by atoms with van der Waals surface area (Å²) in [7, 11) is 0. The lowest BCUT2D eigenvalue weighted by molar-refractivity contribution is 0.136. The van der Waals surface area contributed by atoms with Crippen molar-refractivity contribution in [3.05, 3.63) is 60.0 Å². The Balaban J connectivity index is 1.55. The molecule has 152 valence electrons. The van der Waals surface area contributed by atoms with E-state index in [-0.39, 0.29) is 0 Å². The highest BCUT2D eigenvalue weighted by Gasteiger charge is 2.11. The number of hydrogen-bond donors (Lipinski definition) is 1. The Morgan fingerprint density at radius 3 is 2.52 bits per heavy atom. The fourth-order valence-electron chi connectivity index (χ4n) is 3.09. The molecule has 1 amide bonds. The molecule has 4 nitrogen and oxygen atoms in total. The summed E-state index contributed by atoms with van der Waals surface area (Å²) in [5.74, 6) is 0.437. The van der Waals surface area contributed by atoms with Gasteiger partial charge in [-0.1, -0.05) is 75.6 Å². The monoisotopic (exact) mass is 408 g/mol. The van der Waals surface area contributed by atoms with E-state index >= 15 is 0 Å². The van der Waals surface area contributed by atoms with Crippen molar-refractivity contribution < 1.29 is 9.53 Å². The average Bonchev–Trinajstić information content (AvgIpc) is 3.25. The second kappa shape index (κ2) is 10.8. The predicted octanol–water partition coefficient (Wildman–Crippen LogP) is 7.24. The van der Waals surface area contributed by atoms with Crippen LogP contribution in [0.5, 0.6) is 0 Å². The van der Waals surface area contributed by atoms with Gasteiger partial charge in [-0.2, -0.15) is 0 Å². The first kappa shape index (κ1) is 21.1. The number of carbonyl (C=O) groups is 1. The van der Waals surface area contributed by atoms with Crippen molar-refractivity contribution in [3.8, 4) is 21.8 Å². The van der Waals surface area contributed by atoms with Gasteiger partial charge in [-0.05, 0) is 24.5 Å². The zero-order valence-corrected chi connectivity index (χ0v) is 17.9. The molecule has 0 aliphatic heterocycles. The third-order valence-corrected chi connectivity index (χ3v) is 5.84. The summed E-state index contributed by atoms with van der Waals surface area (Å²) in [6.07, 6.45) is 4.08. The Morgan fingerprint density at radius 1 is 1.07 bits per heavy atom. The zero-order chi connectivity index (χ0) is 20.5. The minimum Gasteiger partial charge on any atom is -0.449 e. The number of aromatic nitrogens is 1. The highest BCUT2D eigenvalue weighted by molar-refractivity contribution is 7.13. The predicted molar refractivity (Wildman–Crippen MR) is 121 cm³/mol. The van der Waals surface area contributed by atoms with E-state index in [9.17, 15) is 4.79 Å². The molecule has 0 fully saturated rings. The van der Waals surface area contributed by atoms with E-state index in [0.717, 1.165) is 40.4 Å². The molecule has 29 heavy (non-hydrogen) atoms. The number of anilines is 1. The quantitative estimate of drug-likeness (QED) is 0.406. The van der Waals surface area contributed by atoms with Crippen LogP contribution in [-0.4, -0.2) is 17.7 Å². The first-order valence-corrected chi connectivity index (χ1v) is 11.1. The first-order chi connectivity index (χ1) is 14.2. The van der Waals surface area contributed by atoms with Crippen LogP contribution in [0.4, 0.5) is 10.5 Å². The number of carbonyl (C=O) groups excluding carboxylic acids is 1. The van der Waals surface area contributed by atoms with Gasteiger partial charge in [0.05, 0.1) is 12.3 Å². The van der Waals surface area contributed by atoms with E-state index in [0.29, 0.717) is 12.5 Å². The molecule has 1 aromatic heterocycles. The van der Waals surface area contributed by atoms with Crippen molar-refractivity contribution in [3.63, 3.8) is 0 Å². The summed E-state index contributed by atoms with van der Waals surface area (Å²) in [5.41, 5.74) is 3.80. The number of unbranched alkanes of at least 4 members (excludes halogenated alkanes) is 1. The van der Waals surface area contributed by atoms with Crippen LogP contribution in [0.25, 0.3) is 21.8 Å². The van der Waals surface area contributed by atoms with Crippen molar-refractivity contribution in [1.82, 2.24) is 4.98 Å². The second-order valence-corrected chi connectivity index (χ2v) is 7.98. The van der Waals surface area contributed by atoms with E-state index < -0.39 is 6.09 Å². The number of hydrogen-bond acceptors (Lipinski definition) is 4. The van der Waals surface area contributed by atoms with Gasteiger partial charge >= 0.3 is 6.09 Å². The smallest absolute Gasteiger partial charge is 0.411 e. The number of nitrogens with zero attached hydrogens (tertiary/aromatic N) is 1. The molecular formula is C24H28N2O2S. The number of rotatable bonds is 9. The molecule has 2 aromatic carbocycles. The Morgan fingerprint density at radius 2 is 1.83 bits per heavy atom. The molecule has 0 bridgehead atoms. The van der Waals surface area contributed by atoms with E-state index in [4.69, 9.17) is 9.72 Å². The number of benzene rings is 2. The summed E-state index contributed by atoms with van der Waals surface area (Å²) >= 11 is 1.63. The van der Waals surface area contributed by atoms with Crippen LogP contribution in [0, 0.1) is 5.92 Å². The summed E-state index contributed by atoms with van der Waals surface area (Å²) in [6, 6.07) is 17.9. The molecule has 1 N–H and O–H groups in total. The van der Waals surface area contributed by atoms with Crippen molar-refractivity contribution in [2.24, 2.45) is 5.92 Å². The molecule has 0 spiro atoms. The van der Waals surface area contributed by atoms with E-state index in [1.165, 1.54) is 12.8 Å². The van der Waals surface area contributed by atoms with Crippen LogP contribution >= 0.6 is 11.3 Å². The molecule has 0 saturated carbocycles. The molecule has 5 heteroatoms. The normalized spacial score (nSPS) is 11.8. The minimum absolute atomic E-state index is 0.396. The summed E-state index contributed by atoms with van der Waals surface area (Å²) in [6.45, 7) is 4.79. The van der Waals surface area contributed by atoms with Crippen LogP contribution in [0.15, 0.2) is 60.0 Å². The number of ether oxygens (including phenoxy) is 1. The van der Waals surface area contributed by atoms with Crippen LogP contribution in [0.1, 0.15) is 39.5 Å². The van der Waals surface area contributed by atoms with Crippen molar-refractivity contribution >= 4 is 23.1 Å². The molecule has 1 unspecified atom stereocenters. The van der Waals surface area contributed by atoms with Crippen LogP contribution in [0.2, 0.25) is 0 Å². The number of amides is 1. The topological polar surface area (TPSA) is 51.2 Å². The molecule has 0 aliphatic rings. The fraction of sp³-hybridized carbons (Fsp3) is 0.333. The third-order valence-electron chi connectivity index (χ3n) is 4.95. The molecule has 1 heterocycles. The Hall–Kier alpha value is -2.66. The van der Waals surface area contributed by atoms with Gasteiger partial charge in [0.15, 0.2) is 0 Å². The van der Waals surface area contributed by atoms with Gasteiger partial charge in [-0.15, -0.1) is 11.3 Å². The maximum Gasteiger partial charge on any atom is 0.411 e. The molecule has 0 saturated heterocycles. The number of nitrogens with one attached hydrogen (secondary N) is 1. The lowest BCUT2D eigenvalue weighted by atomic mass is 10.0. The Kier molecular flexibility index (Phi) is 7.82. The molecule has 3 rings (SSSR count). The summed E-state index contributed by atoms with van der Waals surface area (Å²) in [4.78, 5) is 16.8. The maximum absolute atomic E-state index is 12.1. The minimum atomic E-state index is -0.396. The molecule has 1 atom stereocenters. The van der Waals surface area contributed by atoms with Gasteiger partial charge < -0.3 is 4.74 Å². The lowest BCUT2D eigenvalue weighted by Gasteiger charge is -2.15. The Labute approximate surface area is 177 Å². The van der Waals surface area contributed by atoms with Gasteiger partial charge in [0.2, 0.25) is 0 Å². The van der Waals surface area contributed by atoms with Crippen molar-refractivity contribution in [2.75, 3.05) is 11.9 Å². The van der Waals surface area contributed by atoms with Crippen LogP contribution < -0.4 is 5.32 Å². The van der Waals surface area contributed by atoms with Crippen LogP contribution in [0.3, 0.4) is 0 Å². The largest absolute Gasteiger partial charge is 0.449 e. The molecular weight excluding hydrogens is 380 g/mol. The number of thiazole rings is 1. The lowest BCUT2D eigenvalue weighted by Crippen LogP contribution is -2.18. The van der Waals surface area contributed by atoms with Gasteiger partial charge in [-0.3, -0.25) is 5.32 Å². The van der Waals surface area contributed by atoms with Gasteiger partial charge in [0.1, 0.15) is 5.01 Å². The summed E-state index contributed by atoms with van der Waals surface area (Å²) in [5, 5.41) is 5.86. The highest BCUT2D eigenvalue weighted by Crippen LogP contribution is 2.29. The Bertz CT molecular complexity index is 891. The van der Waals surface area contributed by atoms with Gasteiger partial charge in [0, 0.05) is 22.2 Å². The van der Waals surface area contributed by atoms with Crippen LogP contribution in [-0.2, 0) is 4.74 Å². The SMILES string of the molecule is CCCCC(CC)COC(=O)Nc1ccc(-c2csc(-c3ccccc3)n2)cc1. The van der Waals surface area contributed by atoms with Gasteiger partial charge in [-0.25, -0.2) is 9.78 Å². The second-order valence-electron chi connectivity index (χ2n) is 7.12. The molecule has 0 aliphatic carbocycles. The summed E-state index contributed by atoms with van der Waals surface area (Å²) < 4.78 is 5.40. The van der Waals surface area contributed by atoms with Crippen molar-refractivity contribution in [2.45, 2.75) is 39.5 Å². The maximum atomic E-state index is 12.1. The molecule has 0 radical (unpaired) electrons. The molecule has 3 aromatic rings. The van der Waals surface area contributed by atoms with Crippen molar-refractivity contribution in [1.29, 1.82) is 0 Å².